The number of carbonyl (C=O) groups excluding carboxylic acids is 1. The molecule has 0 aliphatic carbocycles. The molecule has 122 valence electrons. The van der Waals surface area contributed by atoms with E-state index >= 15 is 0 Å². The van der Waals surface area contributed by atoms with Crippen molar-refractivity contribution in [2.24, 2.45) is 0 Å². The van der Waals surface area contributed by atoms with Crippen molar-refractivity contribution in [1.82, 2.24) is 10.2 Å². The van der Waals surface area contributed by atoms with Gasteiger partial charge in [0.1, 0.15) is 5.75 Å². The third kappa shape index (κ3) is 3.91. The summed E-state index contributed by atoms with van der Waals surface area (Å²) >= 11 is 5.80. The van der Waals surface area contributed by atoms with Gasteiger partial charge in [0.15, 0.2) is 0 Å². The predicted octanol–water partition coefficient (Wildman–Crippen LogP) is 3.57. The van der Waals surface area contributed by atoms with Gasteiger partial charge in [-0.1, -0.05) is 28.8 Å². The molecule has 6 nitrogen and oxygen atoms in total. The van der Waals surface area contributed by atoms with E-state index in [1.54, 1.807) is 31.4 Å². The molecule has 24 heavy (non-hydrogen) atoms. The van der Waals surface area contributed by atoms with Crippen LogP contribution in [0.4, 0.5) is 6.01 Å². The van der Waals surface area contributed by atoms with Crippen LogP contribution in [0, 0.1) is 0 Å². The molecular weight excluding hydrogens is 330 g/mol. The molecule has 0 saturated heterocycles. The second-order valence-corrected chi connectivity index (χ2v) is 5.42. The van der Waals surface area contributed by atoms with Gasteiger partial charge in [-0.15, -0.1) is 5.10 Å². The summed E-state index contributed by atoms with van der Waals surface area (Å²) in [5, 5.41) is 10.9. The Bertz CT molecular complexity index is 829. The number of carbonyl (C=O) groups is 1. The highest BCUT2D eigenvalue weighted by atomic mass is 35.5. The molecule has 1 N–H and O–H groups in total. The summed E-state index contributed by atoms with van der Waals surface area (Å²) in [6.45, 7) is 0. The first kappa shape index (κ1) is 16.0. The van der Waals surface area contributed by atoms with Crippen molar-refractivity contribution in [3.05, 3.63) is 70.6 Å². The van der Waals surface area contributed by atoms with E-state index in [4.69, 9.17) is 20.8 Å². The first-order valence-corrected chi connectivity index (χ1v) is 7.54. The van der Waals surface area contributed by atoms with Gasteiger partial charge in [0.25, 0.3) is 5.91 Å². The number of hydrogen-bond donors (Lipinski definition) is 1. The lowest BCUT2D eigenvalue weighted by Gasteiger charge is -2.01. The minimum Gasteiger partial charge on any atom is -0.497 e. The molecule has 2 aromatic carbocycles. The molecule has 7 heteroatoms. The van der Waals surface area contributed by atoms with E-state index in [-0.39, 0.29) is 11.9 Å². The lowest BCUT2D eigenvalue weighted by molar-refractivity contribution is 0.102. The van der Waals surface area contributed by atoms with Gasteiger partial charge in [0.2, 0.25) is 5.89 Å². The maximum Gasteiger partial charge on any atom is 0.322 e. The average molecular weight is 344 g/mol. The Labute approximate surface area is 143 Å². The van der Waals surface area contributed by atoms with E-state index in [1.165, 1.54) is 0 Å². The van der Waals surface area contributed by atoms with Crippen LogP contribution >= 0.6 is 11.6 Å². The van der Waals surface area contributed by atoms with Crippen LogP contribution in [0.25, 0.3) is 0 Å². The second kappa shape index (κ2) is 7.14. The summed E-state index contributed by atoms with van der Waals surface area (Å²) < 4.78 is 10.6. The van der Waals surface area contributed by atoms with Crippen LogP contribution in [0.1, 0.15) is 21.8 Å². The van der Waals surface area contributed by atoms with Crippen LogP contribution in [0.3, 0.4) is 0 Å². The molecule has 0 aliphatic rings. The van der Waals surface area contributed by atoms with Crippen LogP contribution in [-0.2, 0) is 6.42 Å². The maximum atomic E-state index is 12.1. The van der Waals surface area contributed by atoms with E-state index in [0.717, 1.165) is 11.3 Å². The molecule has 0 fully saturated rings. The van der Waals surface area contributed by atoms with Gasteiger partial charge in [-0.3, -0.25) is 10.1 Å². The largest absolute Gasteiger partial charge is 0.497 e. The zero-order valence-electron chi connectivity index (χ0n) is 12.8. The Morgan fingerprint density at radius 1 is 1.12 bits per heavy atom. The average Bonchev–Trinajstić information content (AvgIpc) is 3.03. The van der Waals surface area contributed by atoms with Gasteiger partial charge in [-0.05, 0) is 42.0 Å². The van der Waals surface area contributed by atoms with Crippen molar-refractivity contribution in [3.8, 4) is 5.75 Å². The summed E-state index contributed by atoms with van der Waals surface area (Å²) in [7, 11) is 1.61. The monoisotopic (exact) mass is 343 g/mol. The molecule has 1 heterocycles. The number of aromatic nitrogens is 2. The van der Waals surface area contributed by atoms with Gasteiger partial charge in [0, 0.05) is 10.6 Å². The molecular formula is C17H14ClN3O3. The predicted molar refractivity (Wildman–Crippen MR) is 89.5 cm³/mol. The van der Waals surface area contributed by atoms with Crippen molar-refractivity contribution < 1.29 is 13.9 Å². The number of ether oxygens (including phenoxy) is 1. The number of amides is 1. The van der Waals surface area contributed by atoms with Crippen LogP contribution in [0.15, 0.2) is 52.9 Å². The first-order valence-electron chi connectivity index (χ1n) is 7.16. The molecule has 3 aromatic rings. The molecule has 0 atom stereocenters. The summed E-state index contributed by atoms with van der Waals surface area (Å²) in [5.74, 6) is 0.845. The minimum atomic E-state index is -0.341. The number of nitrogens with one attached hydrogen (secondary N) is 1. The Morgan fingerprint density at radius 3 is 2.50 bits per heavy atom. The Kier molecular flexibility index (Phi) is 4.77. The van der Waals surface area contributed by atoms with E-state index in [0.29, 0.717) is 22.9 Å². The van der Waals surface area contributed by atoms with Gasteiger partial charge >= 0.3 is 6.01 Å². The molecule has 1 amide bonds. The highest BCUT2D eigenvalue weighted by Crippen LogP contribution is 2.16. The third-order valence-corrected chi connectivity index (χ3v) is 3.56. The number of benzene rings is 2. The van der Waals surface area contributed by atoms with E-state index in [2.05, 4.69) is 15.5 Å². The van der Waals surface area contributed by atoms with Gasteiger partial charge < -0.3 is 9.15 Å². The van der Waals surface area contributed by atoms with Crippen LogP contribution in [0.5, 0.6) is 5.75 Å². The summed E-state index contributed by atoms with van der Waals surface area (Å²) in [6, 6.07) is 14.1. The Hall–Kier alpha value is -2.86. The fourth-order valence-electron chi connectivity index (χ4n) is 2.06. The van der Waals surface area contributed by atoms with E-state index in [9.17, 15) is 4.79 Å². The highest BCUT2D eigenvalue weighted by Gasteiger charge is 2.12. The smallest absolute Gasteiger partial charge is 0.322 e. The molecule has 3 rings (SSSR count). The van der Waals surface area contributed by atoms with Gasteiger partial charge in [-0.2, -0.15) is 0 Å². The van der Waals surface area contributed by atoms with Crippen LogP contribution in [-0.4, -0.2) is 23.2 Å². The van der Waals surface area contributed by atoms with Gasteiger partial charge in [0.05, 0.1) is 13.5 Å². The first-order chi connectivity index (χ1) is 11.6. The lowest BCUT2D eigenvalue weighted by Crippen LogP contribution is -2.11. The number of anilines is 1. The fraction of sp³-hybridized carbons (Fsp3) is 0.118. The van der Waals surface area contributed by atoms with E-state index in [1.807, 2.05) is 24.3 Å². The molecule has 0 saturated carbocycles. The highest BCUT2D eigenvalue weighted by molar-refractivity contribution is 6.30. The summed E-state index contributed by atoms with van der Waals surface area (Å²) in [6.07, 6.45) is 0.466. The molecule has 0 bridgehead atoms. The molecule has 1 aromatic heterocycles. The van der Waals surface area contributed by atoms with Crippen molar-refractivity contribution in [3.63, 3.8) is 0 Å². The zero-order valence-corrected chi connectivity index (χ0v) is 13.6. The minimum absolute atomic E-state index is 0.0541. The standard InChI is InChI=1S/C17H14ClN3O3/c1-23-14-8-2-11(3-9-14)10-15-20-21-17(24-15)19-16(22)12-4-6-13(18)7-5-12/h2-9H,10H2,1H3,(H,19,21,22). The second-order valence-electron chi connectivity index (χ2n) is 4.99. The molecule has 0 radical (unpaired) electrons. The quantitative estimate of drug-likeness (QED) is 0.766. The topological polar surface area (TPSA) is 77.3 Å². The number of methoxy groups -OCH3 is 1. The third-order valence-electron chi connectivity index (χ3n) is 3.31. The summed E-state index contributed by atoms with van der Waals surface area (Å²) in [5.41, 5.74) is 1.45. The van der Waals surface area contributed by atoms with Crippen molar-refractivity contribution in [2.75, 3.05) is 12.4 Å². The number of rotatable bonds is 5. The fourth-order valence-corrected chi connectivity index (χ4v) is 2.19. The number of nitrogens with zero attached hydrogens (tertiary/aromatic N) is 2. The molecule has 0 unspecified atom stereocenters. The van der Waals surface area contributed by atoms with Crippen molar-refractivity contribution in [2.45, 2.75) is 6.42 Å². The van der Waals surface area contributed by atoms with Crippen molar-refractivity contribution in [1.29, 1.82) is 0 Å². The van der Waals surface area contributed by atoms with E-state index < -0.39 is 0 Å². The van der Waals surface area contributed by atoms with Crippen LogP contribution < -0.4 is 10.1 Å². The zero-order chi connectivity index (χ0) is 16.9. The number of hydrogen-bond acceptors (Lipinski definition) is 5. The molecule has 0 aliphatic heterocycles. The van der Waals surface area contributed by atoms with Crippen molar-refractivity contribution >= 4 is 23.5 Å². The summed E-state index contributed by atoms with van der Waals surface area (Å²) in [4.78, 5) is 12.1. The SMILES string of the molecule is COc1ccc(Cc2nnc(NC(=O)c3ccc(Cl)cc3)o2)cc1. The number of halogens is 1. The Morgan fingerprint density at radius 2 is 1.83 bits per heavy atom. The maximum absolute atomic E-state index is 12.1. The molecule has 0 spiro atoms. The Balaban J connectivity index is 1.64. The normalized spacial score (nSPS) is 10.4. The lowest BCUT2D eigenvalue weighted by atomic mass is 10.1. The van der Waals surface area contributed by atoms with Crippen LogP contribution in [0.2, 0.25) is 5.02 Å². The van der Waals surface area contributed by atoms with Gasteiger partial charge in [-0.25, -0.2) is 0 Å².